The molecule has 1 rings (SSSR count). The van der Waals surface area contributed by atoms with Crippen molar-refractivity contribution < 1.29 is 29.3 Å². The van der Waals surface area contributed by atoms with Crippen molar-refractivity contribution in [2.45, 2.75) is 6.92 Å². The molecule has 0 radical (unpaired) electrons. The monoisotopic (exact) mass is 289 g/mol. The van der Waals surface area contributed by atoms with E-state index < -0.39 is 29.0 Å². The third-order valence-corrected chi connectivity index (χ3v) is 2.46. The summed E-state index contributed by atoms with van der Waals surface area (Å²) >= 11 is 0. The minimum atomic E-state index is -1.44. The van der Waals surface area contributed by atoms with E-state index >= 15 is 0 Å². The zero-order chi connectivity index (χ0) is 16.0. The van der Waals surface area contributed by atoms with Gasteiger partial charge >= 0.3 is 17.9 Å². The van der Waals surface area contributed by atoms with Gasteiger partial charge in [0.15, 0.2) is 0 Å². The van der Waals surface area contributed by atoms with E-state index in [1.807, 2.05) is 0 Å². The lowest BCUT2D eigenvalue weighted by atomic mass is 9.99. The molecule has 0 atom stereocenters. The summed E-state index contributed by atoms with van der Waals surface area (Å²) < 4.78 is 4.66. The molecule has 0 saturated heterocycles. The summed E-state index contributed by atoms with van der Waals surface area (Å²) in [5.74, 6) is -3.58. The van der Waals surface area contributed by atoms with Gasteiger partial charge in [-0.15, -0.1) is 0 Å². The van der Waals surface area contributed by atoms with Crippen LogP contribution >= 0.6 is 0 Å². The van der Waals surface area contributed by atoms with Crippen LogP contribution in [0.2, 0.25) is 0 Å². The Bertz CT molecular complexity index is 669. The van der Waals surface area contributed by atoms with Crippen molar-refractivity contribution in [1.29, 1.82) is 5.26 Å². The lowest BCUT2D eigenvalue weighted by Gasteiger charge is -2.05. The first kappa shape index (κ1) is 15.9. The second-order valence-corrected chi connectivity index (χ2v) is 3.79. The first-order valence-electron chi connectivity index (χ1n) is 5.80. The largest absolute Gasteiger partial charge is 0.478 e. The topological polar surface area (TPSA) is 125 Å². The van der Waals surface area contributed by atoms with Crippen molar-refractivity contribution in [3.63, 3.8) is 0 Å². The van der Waals surface area contributed by atoms with E-state index in [0.717, 1.165) is 18.2 Å². The minimum absolute atomic E-state index is 0.118. The quantitative estimate of drug-likeness (QED) is 0.478. The van der Waals surface area contributed by atoms with Crippen LogP contribution in [0.15, 0.2) is 24.3 Å². The fourth-order valence-corrected chi connectivity index (χ4v) is 1.56. The highest BCUT2D eigenvalue weighted by atomic mass is 16.5. The molecule has 108 valence electrons. The molecule has 0 heterocycles. The van der Waals surface area contributed by atoms with Gasteiger partial charge in [0, 0.05) is 6.08 Å². The number of carboxylic acids is 2. The van der Waals surface area contributed by atoms with Gasteiger partial charge in [0.2, 0.25) is 0 Å². The molecule has 7 nitrogen and oxygen atoms in total. The molecule has 0 bridgehead atoms. The Morgan fingerprint density at radius 1 is 1.24 bits per heavy atom. The normalized spacial score (nSPS) is 10.6. The Labute approximate surface area is 119 Å². The fraction of sp³-hybridized carbons (Fsp3) is 0.143. The zero-order valence-electron chi connectivity index (χ0n) is 11.0. The second kappa shape index (κ2) is 6.86. The minimum Gasteiger partial charge on any atom is -0.478 e. The van der Waals surface area contributed by atoms with Crippen molar-refractivity contribution in [2.75, 3.05) is 6.61 Å². The van der Waals surface area contributed by atoms with Gasteiger partial charge in [-0.3, -0.25) is 0 Å². The molecule has 0 unspecified atom stereocenters. The summed E-state index contributed by atoms with van der Waals surface area (Å²) in [6.07, 6.45) is 0.922. The Morgan fingerprint density at radius 3 is 2.33 bits per heavy atom. The van der Waals surface area contributed by atoms with E-state index in [-0.39, 0.29) is 17.7 Å². The van der Waals surface area contributed by atoms with Gasteiger partial charge in [-0.2, -0.15) is 5.26 Å². The first-order chi connectivity index (χ1) is 9.90. The number of rotatable bonds is 5. The lowest BCUT2D eigenvalue weighted by molar-refractivity contribution is -0.137. The Hall–Kier alpha value is -3.14. The van der Waals surface area contributed by atoms with Crippen LogP contribution in [0.3, 0.4) is 0 Å². The molecule has 1 aromatic rings. The summed E-state index contributed by atoms with van der Waals surface area (Å²) in [5.41, 5.74) is -0.870. The van der Waals surface area contributed by atoms with Crippen LogP contribution < -0.4 is 0 Å². The van der Waals surface area contributed by atoms with Gasteiger partial charge < -0.3 is 14.9 Å². The summed E-state index contributed by atoms with van der Waals surface area (Å²) in [4.78, 5) is 33.3. The van der Waals surface area contributed by atoms with Crippen molar-refractivity contribution in [1.82, 2.24) is 0 Å². The lowest BCUT2D eigenvalue weighted by Crippen LogP contribution is -2.08. The number of carbonyl (C=O) groups is 3. The number of ether oxygens (including phenoxy) is 1. The van der Waals surface area contributed by atoms with Gasteiger partial charge in [-0.25, -0.2) is 14.4 Å². The maximum atomic E-state index is 11.3. The molecule has 0 saturated carbocycles. The highest BCUT2D eigenvalue weighted by Crippen LogP contribution is 2.19. The molecule has 1 aromatic carbocycles. The van der Waals surface area contributed by atoms with Crippen molar-refractivity contribution in [3.05, 3.63) is 41.0 Å². The number of nitrogens with zero attached hydrogens (tertiary/aromatic N) is 1. The van der Waals surface area contributed by atoms with Crippen LogP contribution in [-0.4, -0.2) is 34.7 Å². The van der Waals surface area contributed by atoms with E-state index in [4.69, 9.17) is 15.5 Å². The van der Waals surface area contributed by atoms with Crippen LogP contribution in [0.1, 0.15) is 33.2 Å². The fourth-order valence-electron chi connectivity index (χ4n) is 1.56. The second-order valence-electron chi connectivity index (χ2n) is 3.79. The third kappa shape index (κ3) is 3.91. The van der Waals surface area contributed by atoms with Crippen LogP contribution in [0.25, 0.3) is 5.57 Å². The van der Waals surface area contributed by atoms with Crippen LogP contribution in [0, 0.1) is 11.3 Å². The molecule has 0 aliphatic rings. The van der Waals surface area contributed by atoms with Gasteiger partial charge in [0.1, 0.15) is 6.07 Å². The molecule has 0 aromatic heterocycles. The van der Waals surface area contributed by atoms with Crippen LogP contribution in [-0.2, 0) is 9.53 Å². The Kier molecular flexibility index (Phi) is 5.20. The molecule has 0 amide bonds. The summed E-state index contributed by atoms with van der Waals surface area (Å²) in [5, 5.41) is 26.9. The predicted molar refractivity (Wildman–Crippen MR) is 70.6 cm³/mol. The van der Waals surface area contributed by atoms with Crippen LogP contribution in [0.5, 0.6) is 0 Å². The zero-order valence-corrected chi connectivity index (χ0v) is 11.0. The van der Waals surface area contributed by atoms with Crippen molar-refractivity contribution in [2.24, 2.45) is 0 Å². The molecule has 0 aliphatic carbocycles. The molecular weight excluding hydrogens is 278 g/mol. The molecule has 0 spiro atoms. The molecular formula is C14H11NO6. The number of carboxylic acid groups (broad SMARTS) is 2. The molecule has 0 aliphatic heterocycles. The number of hydrogen-bond donors (Lipinski definition) is 2. The van der Waals surface area contributed by atoms with Gasteiger partial charge in [-0.1, -0.05) is 6.07 Å². The average Bonchev–Trinajstić information content (AvgIpc) is 2.44. The molecule has 7 heteroatoms. The maximum absolute atomic E-state index is 11.3. The van der Waals surface area contributed by atoms with E-state index in [9.17, 15) is 14.4 Å². The van der Waals surface area contributed by atoms with Gasteiger partial charge in [0.25, 0.3) is 0 Å². The number of allylic oxidation sites excluding steroid dienone is 1. The Morgan fingerprint density at radius 2 is 1.86 bits per heavy atom. The molecule has 21 heavy (non-hydrogen) atoms. The van der Waals surface area contributed by atoms with Gasteiger partial charge in [-0.05, 0) is 24.6 Å². The maximum Gasteiger partial charge on any atom is 0.336 e. The smallest absolute Gasteiger partial charge is 0.336 e. The SMILES string of the molecule is CCOC(=O)C=C(C#N)c1ccc(C(=O)O)c(C(=O)O)c1. The highest BCUT2D eigenvalue weighted by Gasteiger charge is 2.17. The van der Waals surface area contributed by atoms with Crippen molar-refractivity contribution >= 4 is 23.5 Å². The van der Waals surface area contributed by atoms with Crippen LogP contribution in [0.4, 0.5) is 0 Å². The number of nitriles is 1. The number of carbonyl (C=O) groups excluding carboxylic acids is 1. The Balaban J connectivity index is 3.34. The summed E-state index contributed by atoms with van der Waals surface area (Å²) in [7, 11) is 0. The number of hydrogen-bond acceptors (Lipinski definition) is 5. The van der Waals surface area contributed by atoms with Gasteiger partial charge in [0.05, 0.1) is 23.3 Å². The summed E-state index contributed by atoms with van der Waals surface area (Å²) in [6.45, 7) is 1.73. The average molecular weight is 289 g/mol. The highest BCUT2D eigenvalue weighted by molar-refractivity contribution is 6.03. The summed E-state index contributed by atoms with van der Waals surface area (Å²) in [6, 6.07) is 5.09. The molecule has 2 N–H and O–H groups in total. The number of esters is 1. The van der Waals surface area contributed by atoms with E-state index in [0.29, 0.717) is 0 Å². The third-order valence-electron chi connectivity index (χ3n) is 2.46. The van der Waals surface area contributed by atoms with Crippen molar-refractivity contribution in [3.8, 4) is 6.07 Å². The predicted octanol–water partition coefficient (Wildman–Crippen LogP) is 1.55. The first-order valence-corrected chi connectivity index (χ1v) is 5.80. The van der Waals surface area contributed by atoms with E-state index in [1.165, 1.54) is 6.07 Å². The number of benzene rings is 1. The van der Waals surface area contributed by atoms with E-state index in [2.05, 4.69) is 4.74 Å². The van der Waals surface area contributed by atoms with E-state index in [1.54, 1.807) is 13.0 Å². The number of aromatic carboxylic acids is 2. The standard InChI is InChI=1S/C14H11NO6/c1-2-21-12(16)6-9(7-15)8-3-4-10(13(17)18)11(5-8)14(19)20/h3-6H,2H2,1H3,(H,17,18)(H,19,20). The molecule has 0 fully saturated rings.